The van der Waals surface area contributed by atoms with Crippen molar-refractivity contribution in [2.75, 3.05) is 38.2 Å². The Bertz CT molecular complexity index is 1690. The van der Waals surface area contributed by atoms with Gasteiger partial charge in [0.15, 0.2) is 5.82 Å². The molecule has 3 aromatic carbocycles. The molecule has 1 fully saturated rings. The molecule has 1 unspecified atom stereocenters. The molecule has 1 atom stereocenters. The van der Waals surface area contributed by atoms with Gasteiger partial charge in [-0.1, -0.05) is 42.0 Å². The van der Waals surface area contributed by atoms with Crippen LogP contribution in [0.5, 0.6) is 5.75 Å². The van der Waals surface area contributed by atoms with E-state index in [-0.39, 0.29) is 11.6 Å². The highest BCUT2D eigenvalue weighted by Gasteiger charge is 2.33. The second-order valence-corrected chi connectivity index (χ2v) is 10.7. The maximum Gasteiger partial charge on any atom is 0.253 e. The van der Waals surface area contributed by atoms with Gasteiger partial charge in [-0.2, -0.15) is 0 Å². The molecule has 9 nitrogen and oxygen atoms in total. The Morgan fingerprint density at radius 3 is 2.44 bits per heavy atom. The number of aromatic nitrogens is 5. The number of pyridine rings is 1. The zero-order valence-corrected chi connectivity index (χ0v) is 23.7. The first-order valence-corrected chi connectivity index (χ1v) is 14.1. The summed E-state index contributed by atoms with van der Waals surface area (Å²) in [6.07, 6.45) is 0.795. The number of hydrogen-bond donors (Lipinski definition) is 1. The largest absolute Gasteiger partial charge is 0.497 e. The zero-order valence-electron chi connectivity index (χ0n) is 23.7. The Kier molecular flexibility index (Phi) is 7.52. The molecule has 9 heteroatoms. The lowest BCUT2D eigenvalue weighted by molar-refractivity contribution is 0.199. The Morgan fingerprint density at radius 1 is 0.951 bits per heavy atom. The molecule has 0 radical (unpaired) electrons. The summed E-state index contributed by atoms with van der Waals surface area (Å²) in [4.78, 5) is 21.6. The van der Waals surface area contributed by atoms with Crippen LogP contribution in [0.4, 0.5) is 5.69 Å². The van der Waals surface area contributed by atoms with E-state index in [9.17, 15) is 4.79 Å². The summed E-state index contributed by atoms with van der Waals surface area (Å²) in [6.45, 7) is 7.88. The molecule has 0 saturated carbocycles. The maximum absolute atomic E-state index is 13.7. The van der Waals surface area contributed by atoms with Crippen molar-refractivity contribution in [1.82, 2.24) is 30.1 Å². The minimum atomic E-state index is -0.382. The normalized spacial score (nSPS) is 14.9. The van der Waals surface area contributed by atoms with Gasteiger partial charge in [-0.25, -0.2) is 4.68 Å². The topological polar surface area (TPSA) is 92.2 Å². The summed E-state index contributed by atoms with van der Waals surface area (Å²) in [7, 11) is 1.68. The Hall–Kier alpha value is -4.50. The van der Waals surface area contributed by atoms with Crippen LogP contribution >= 0.6 is 0 Å². The zero-order chi connectivity index (χ0) is 28.3. The summed E-state index contributed by atoms with van der Waals surface area (Å²) in [5.41, 5.74) is 6.01. The van der Waals surface area contributed by atoms with Crippen LogP contribution < -0.4 is 15.2 Å². The molecule has 1 aliphatic heterocycles. The third-order valence-corrected chi connectivity index (χ3v) is 7.99. The van der Waals surface area contributed by atoms with Crippen molar-refractivity contribution in [3.05, 3.63) is 111 Å². The number of aromatic amines is 1. The first-order chi connectivity index (χ1) is 20.0. The van der Waals surface area contributed by atoms with Crippen LogP contribution in [0.3, 0.4) is 0 Å². The van der Waals surface area contributed by atoms with Crippen LogP contribution in [0.2, 0.25) is 0 Å². The van der Waals surface area contributed by atoms with Gasteiger partial charge >= 0.3 is 0 Å². The van der Waals surface area contributed by atoms with Crippen molar-refractivity contribution in [1.29, 1.82) is 0 Å². The number of benzene rings is 3. The fourth-order valence-corrected chi connectivity index (χ4v) is 5.88. The highest BCUT2D eigenvalue weighted by molar-refractivity contribution is 5.83. The molecule has 3 heterocycles. The van der Waals surface area contributed by atoms with E-state index in [2.05, 4.69) is 73.6 Å². The molecule has 0 aliphatic carbocycles. The quantitative estimate of drug-likeness (QED) is 0.309. The molecular formula is C32H35N7O2. The molecular weight excluding hydrogens is 514 g/mol. The van der Waals surface area contributed by atoms with Gasteiger partial charge in [0.25, 0.3) is 5.56 Å². The van der Waals surface area contributed by atoms with Crippen molar-refractivity contribution in [2.24, 2.45) is 0 Å². The van der Waals surface area contributed by atoms with Crippen molar-refractivity contribution >= 4 is 16.6 Å². The van der Waals surface area contributed by atoms with Crippen LogP contribution in [0.25, 0.3) is 10.9 Å². The average molecular weight is 550 g/mol. The molecule has 1 N–H and O–H groups in total. The number of nitrogens with one attached hydrogen (secondary N) is 1. The predicted molar refractivity (Wildman–Crippen MR) is 161 cm³/mol. The lowest BCUT2D eigenvalue weighted by Gasteiger charge is -2.39. The molecule has 1 saturated heterocycles. The number of fused-ring (bicyclic) bond motifs is 1. The number of tetrazole rings is 1. The van der Waals surface area contributed by atoms with Gasteiger partial charge in [-0.05, 0) is 83.6 Å². The molecule has 1 aliphatic rings. The summed E-state index contributed by atoms with van der Waals surface area (Å²) in [6, 6.07) is 24.4. The Labute approximate surface area is 239 Å². The second kappa shape index (κ2) is 11.5. The number of ether oxygens (including phenoxy) is 1. The van der Waals surface area contributed by atoms with E-state index in [0.717, 1.165) is 66.1 Å². The monoisotopic (exact) mass is 549 g/mol. The van der Waals surface area contributed by atoms with Crippen LogP contribution in [0.15, 0.2) is 77.6 Å². The fourth-order valence-electron chi connectivity index (χ4n) is 5.88. The molecule has 210 valence electrons. The molecule has 0 amide bonds. The van der Waals surface area contributed by atoms with Crippen molar-refractivity contribution in [3.8, 4) is 5.75 Å². The number of hydrogen-bond acceptors (Lipinski definition) is 7. The van der Waals surface area contributed by atoms with Crippen molar-refractivity contribution in [3.63, 3.8) is 0 Å². The Balaban J connectivity index is 1.35. The van der Waals surface area contributed by atoms with E-state index in [0.29, 0.717) is 17.9 Å². The number of aryl methyl sites for hydroxylation is 4. The van der Waals surface area contributed by atoms with Gasteiger partial charge in [-0.15, -0.1) is 5.10 Å². The minimum Gasteiger partial charge on any atom is -0.497 e. The van der Waals surface area contributed by atoms with E-state index in [1.165, 1.54) is 5.56 Å². The van der Waals surface area contributed by atoms with Gasteiger partial charge < -0.3 is 14.6 Å². The van der Waals surface area contributed by atoms with E-state index < -0.39 is 0 Å². The number of nitrogens with zero attached hydrogens (tertiary/aromatic N) is 6. The first kappa shape index (κ1) is 26.7. The van der Waals surface area contributed by atoms with E-state index >= 15 is 0 Å². The van der Waals surface area contributed by atoms with Crippen LogP contribution in [-0.4, -0.2) is 63.4 Å². The lowest BCUT2D eigenvalue weighted by Crippen LogP contribution is -2.49. The van der Waals surface area contributed by atoms with Crippen LogP contribution in [0, 0.1) is 13.8 Å². The Morgan fingerprint density at radius 2 is 1.71 bits per heavy atom. The SMILES string of the molecule is COc1ccc(N2CCN(C(c3cc4cc(C)cc(C)c4[nH]c3=O)c3nnnn3CCc3ccccc3)CC2)cc1. The third-order valence-electron chi connectivity index (χ3n) is 7.99. The summed E-state index contributed by atoms with van der Waals surface area (Å²) in [5.74, 6) is 1.53. The lowest BCUT2D eigenvalue weighted by atomic mass is 10.00. The molecule has 0 spiro atoms. The highest BCUT2D eigenvalue weighted by atomic mass is 16.5. The smallest absolute Gasteiger partial charge is 0.253 e. The number of rotatable bonds is 8. The summed E-state index contributed by atoms with van der Waals surface area (Å²) >= 11 is 0. The molecule has 41 heavy (non-hydrogen) atoms. The molecule has 0 bridgehead atoms. The molecule has 5 aromatic rings. The number of anilines is 1. The van der Waals surface area contributed by atoms with Crippen molar-refractivity contribution in [2.45, 2.75) is 32.9 Å². The molecule has 6 rings (SSSR count). The first-order valence-electron chi connectivity index (χ1n) is 14.1. The highest BCUT2D eigenvalue weighted by Crippen LogP contribution is 2.30. The van der Waals surface area contributed by atoms with Crippen molar-refractivity contribution < 1.29 is 4.74 Å². The van der Waals surface area contributed by atoms with E-state index in [4.69, 9.17) is 4.74 Å². The maximum atomic E-state index is 13.7. The minimum absolute atomic E-state index is 0.107. The number of piperazine rings is 1. The van der Waals surface area contributed by atoms with Gasteiger partial charge in [0.05, 0.1) is 12.6 Å². The van der Waals surface area contributed by atoms with Gasteiger partial charge in [0.1, 0.15) is 11.8 Å². The average Bonchev–Trinajstić information content (AvgIpc) is 3.46. The summed E-state index contributed by atoms with van der Waals surface area (Å²) in [5, 5.41) is 14.0. The number of H-pyrrole nitrogens is 1. The van der Waals surface area contributed by atoms with Crippen LogP contribution in [-0.2, 0) is 13.0 Å². The number of methoxy groups -OCH3 is 1. The van der Waals surface area contributed by atoms with Gasteiger partial charge in [-0.3, -0.25) is 9.69 Å². The standard InChI is InChI=1S/C32H35N7O2/c1-22-19-23(2)29-25(20-22)21-28(32(40)33-29)30(31-34-35-36-39(31)14-13-24-7-5-4-6-8-24)38-17-15-37(16-18-38)26-9-11-27(41-3)12-10-26/h4-12,19-21,30H,13-18H2,1-3H3,(H,33,40). The third kappa shape index (κ3) is 5.58. The summed E-state index contributed by atoms with van der Waals surface area (Å²) < 4.78 is 7.19. The van der Waals surface area contributed by atoms with E-state index in [1.807, 2.05) is 48.0 Å². The molecule has 2 aromatic heterocycles. The second-order valence-electron chi connectivity index (χ2n) is 10.7. The van der Waals surface area contributed by atoms with Gasteiger partial charge in [0.2, 0.25) is 0 Å². The van der Waals surface area contributed by atoms with Crippen LogP contribution in [0.1, 0.15) is 34.1 Å². The predicted octanol–water partition coefficient (Wildman–Crippen LogP) is 4.29. The van der Waals surface area contributed by atoms with Gasteiger partial charge in [0, 0.05) is 44.0 Å². The van der Waals surface area contributed by atoms with E-state index in [1.54, 1.807) is 7.11 Å². The fraction of sp³-hybridized carbons (Fsp3) is 0.312.